The Morgan fingerprint density at radius 2 is 1.78 bits per heavy atom. The zero-order chi connectivity index (χ0) is 31.8. The Bertz CT molecular complexity index is 1640. The van der Waals surface area contributed by atoms with E-state index in [1.54, 1.807) is 12.3 Å². The number of aromatic nitrogens is 1. The van der Waals surface area contributed by atoms with E-state index in [2.05, 4.69) is 34.7 Å². The maximum atomic E-state index is 14.2. The molecule has 0 saturated carbocycles. The fraction of sp³-hybridized carbons (Fsp3) is 0.278. The molecule has 1 unspecified atom stereocenters. The maximum Gasteiger partial charge on any atom is 0.233 e. The van der Waals surface area contributed by atoms with Gasteiger partial charge in [-0.3, -0.25) is 4.79 Å². The number of benzene rings is 3. The van der Waals surface area contributed by atoms with Crippen molar-refractivity contribution in [1.29, 1.82) is 0 Å². The van der Waals surface area contributed by atoms with Crippen LogP contribution in [0.2, 0.25) is 0 Å². The minimum absolute atomic E-state index is 0.0273. The molecule has 1 aliphatic rings. The zero-order valence-corrected chi connectivity index (χ0v) is 25.9. The molecule has 0 spiro atoms. The van der Waals surface area contributed by atoms with Crippen molar-refractivity contribution in [3.8, 4) is 0 Å². The fourth-order valence-corrected chi connectivity index (χ4v) is 6.29. The van der Waals surface area contributed by atoms with Crippen LogP contribution in [0.4, 0.5) is 8.78 Å². The number of halogens is 2. The number of allylic oxidation sites excluding steroid dienone is 3. The quantitative estimate of drug-likeness (QED) is 0.152. The lowest BCUT2D eigenvalue weighted by atomic mass is 9.74. The highest BCUT2D eigenvalue weighted by Crippen LogP contribution is 2.42. The number of nitrogens with zero attached hydrogens (tertiary/aromatic N) is 1. The van der Waals surface area contributed by atoms with Crippen molar-refractivity contribution in [3.05, 3.63) is 135 Å². The summed E-state index contributed by atoms with van der Waals surface area (Å²) < 4.78 is 28.3. The smallest absolute Gasteiger partial charge is 0.233 e. The number of nitrogens with one attached hydrogen (secondary N) is 2. The van der Waals surface area contributed by atoms with Crippen molar-refractivity contribution in [2.75, 3.05) is 13.2 Å². The van der Waals surface area contributed by atoms with Crippen molar-refractivity contribution < 1.29 is 23.8 Å². The van der Waals surface area contributed by atoms with Gasteiger partial charge in [0.1, 0.15) is 16.6 Å². The van der Waals surface area contributed by atoms with Crippen molar-refractivity contribution in [2.24, 2.45) is 5.41 Å². The molecule has 0 radical (unpaired) electrons. The van der Waals surface area contributed by atoms with Crippen molar-refractivity contribution >= 4 is 28.4 Å². The van der Waals surface area contributed by atoms with Crippen LogP contribution in [-0.4, -0.2) is 46.4 Å². The van der Waals surface area contributed by atoms with Crippen molar-refractivity contribution in [2.45, 2.75) is 44.9 Å². The van der Waals surface area contributed by atoms with Gasteiger partial charge in [0.05, 0.1) is 24.2 Å². The van der Waals surface area contributed by atoms with Crippen LogP contribution in [-0.2, 0) is 24.2 Å². The fourth-order valence-electron chi connectivity index (χ4n) is 5.66. The van der Waals surface area contributed by atoms with Gasteiger partial charge in [-0.05, 0) is 65.3 Å². The Hall–Kier alpha value is -4.02. The van der Waals surface area contributed by atoms with Gasteiger partial charge in [-0.15, -0.1) is 11.3 Å². The second-order valence-corrected chi connectivity index (χ2v) is 12.3. The number of rotatable bonds is 13. The molecule has 45 heavy (non-hydrogen) atoms. The van der Waals surface area contributed by atoms with Gasteiger partial charge in [-0.25, -0.2) is 13.8 Å². The first-order valence-electron chi connectivity index (χ1n) is 15.0. The van der Waals surface area contributed by atoms with Crippen LogP contribution in [0.15, 0.2) is 96.5 Å². The lowest BCUT2D eigenvalue weighted by Gasteiger charge is -2.35. The summed E-state index contributed by atoms with van der Waals surface area (Å²) in [5.41, 5.74) is 3.64. The number of aliphatic hydroxyl groups is 2. The molecule has 1 heterocycles. The van der Waals surface area contributed by atoms with Crippen LogP contribution in [0.25, 0.3) is 11.1 Å². The molecule has 1 aromatic heterocycles. The third-order valence-corrected chi connectivity index (χ3v) is 8.89. The van der Waals surface area contributed by atoms with Crippen molar-refractivity contribution in [1.82, 2.24) is 15.6 Å². The minimum Gasteiger partial charge on any atom is -0.395 e. The summed E-state index contributed by atoms with van der Waals surface area (Å²) >= 11 is 1.43. The highest BCUT2D eigenvalue weighted by molar-refractivity contribution is 7.10. The minimum atomic E-state index is -1.37. The summed E-state index contributed by atoms with van der Waals surface area (Å²) in [6, 6.07) is 20.0. The Balaban J connectivity index is 1.41. The molecule has 234 valence electrons. The van der Waals surface area contributed by atoms with E-state index in [4.69, 9.17) is 0 Å². The first-order valence-corrected chi connectivity index (χ1v) is 15.9. The first kappa shape index (κ1) is 32.4. The molecule has 0 fully saturated rings. The van der Waals surface area contributed by atoms with Crippen LogP contribution in [0, 0.1) is 17.0 Å². The highest BCUT2D eigenvalue weighted by atomic mass is 32.1. The van der Waals surface area contributed by atoms with E-state index < -0.39 is 41.7 Å². The first-order chi connectivity index (χ1) is 21.8. The lowest BCUT2D eigenvalue weighted by molar-refractivity contribution is -0.131. The standard InChI is InChI=1S/C36H37F2N3O3S/c1-2-24-7-6-8-25(13-24)21-39-22-33(43)32(16-26-14-30(37)18-31(38)15-26)41-35(44)36(23-42)19-28(27-9-4-3-5-10-27)17-29(20-36)34-40-11-12-45-34/h3-15,17-18,20,32-33,39,42-43H,2,16,19,21-23H2,1H3,(H,41,44)/t32-,33+,36?/m0/s1. The normalized spacial score (nSPS) is 17.7. The van der Waals surface area contributed by atoms with Crippen LogP contribution < -0.4 is 10.6 Å². The van der Waals surface area contributed by atoms with Crippen LogP contribution in [0.3, 0.4) is 0 Å². The summed E-state index contributed by atoms with van der Waals surface area (Å²) in [5.74, 6) is -1.99. The highest BCUT2D eigenvalue weighted by Gasteiger charge is 2.41. The van der Waals surface area contributed by atoms with Gasteiger partial charge in [-0.2, -0.15) is 0 Å². The molecule has 6 nitrogen and oxygen atoms in total. The Morgan fingerprint density at radius 1 is 1.02 bits per heavy atom. The van der Waals surface area contributed by atoms with Crippen LogP contribution in [0.5, 0.6) is 0 Å². The molecular formula is C36H37F2N3O3S. The molecule has 4 N–H and O–H groups in total. The number of amides is 1. The molecule has 3 aromatic carbocycles. The maximum absolute atomic E-state index is 14.2. The summed E-state index contributed by atoms with van der Waals surface area (Å²) in [7, 11) is 0. The van der Waals surface area contributed by atoms with E-state index in [1.165, 1.54) is 29.0 Å². The van der Waals surface area contributed by atoms with Gasteiger partial charge in [-0.1, -0.05) is 67.6 Å². The van der Waals surface area contributed by atoms with Gasteiger partial charge in [0.25, 0.3) is 0 Å². The van der Waals surface area contributed by atoms with Crippen LogP contribution >= 0.6 is 11.3 Å². The van der Waals surface area contributed by atoms with Crippen molar-refractivity contribution in [3.63, 3.8) is 0 Å². The number of carbonyl (C=O) groups is 1. The monoisotopic (exact) mass is 629 g/mol. The largest absolute Gasteiger partial charge is 0.395 e. The molecule has 4 aromatic rings. The molecule has 9 heteroatoms. The zero-order valence-electron chi connectivity index (χ0n) is 25.0. The van der Waals surface area contributed by atoms with Gasteiger partial charge < -0.3 is 20.8 Å². The lowest BCUT2D eigenvalue weighted by Crippen LogP contribution is -2.54. The molecule has 1 aliphatic carbocycles. The predicted octanol–water partition coefficient (Wildman–Crippen LogP) is 5.71. The van der Waals surface area contributed by atoms with E-state index in [9.17, 15) is 23.8 Å². The average molecular weight is 630 g/mol. The second-order valence-electron chi connectivity index (χ2n) is 11.4. The molecule has 3 atom stereocenters. The molecular weight excluding hydrogens is 592 g/mol. The van der Waals surface area contributed by atoms with E-state index in [0.717, 1.165) is 29.2 Å². The number of carbonyl (C=O) groups excluding carboxylic acids is 1. The van der Waals surface area contributed by atoms with E-state index in [1.807, 2.05) is 53.9 Å². The number of aliphatic hydroxyl groups excluding tert-OH is 2. The molecule has 0 aliphatic heterocycles. The number of thiazole rings is 1. The summed E-state index contributed by atoms with van der Waals surface area (Å²) in [4.78, 5) is 18.6. The topological polar surface area (TPSA) is 94.5 Å². The predicted molar refractivity (Wildman–Crippen MR) is 174 cm³/mol. The molecule has 5 rings (SSSR count). The van der Waals surface area contributed by atoms with Gasteiger partial charge in [0.15, 0.2) is 0 Å². The number of hydrogen-bond donors (Lipinski definition) is 4. The Kier molecular flexibility index (Phi) is 10.7. The molecule has 0 saturated heterocycles. The Morgan fingerprint density at radius 3 is 2.47 bits per heavy atom. The SMILES string of the molecule is CCc1cccc(CNC[C@@H](O)[C@H](Cc2cc(F)cc(F)c2)NC(=O)C2(CO)C=C(c3nccs3)C=C(c3ccccc3)C2)c1. The molecule has 1 amide bonds. The number of aryl methyl sites for hydroxylation is 1. The average Bonchev–Trinajstić information content (AvgIpc) is 3.60. The van der Waals surface area contributed by atoms with E-state index >= 15 is 0 Å². The summed E-state index contributed by atoms with van der Waals surface area (Å²) in [6.45, 7) is 2.19. The summed E-state index contributed by atoms with van der Waals surface area (Å²) in [5, 5.41) is 30.9. The van der Waals surface area contributed by atoms with E-state index in [-0.39, 0.29) is 24.9 Å². The third-order valence-electron chi connectivity index (χ3n) is 8.07. The summed E-state index contributed by atoms with van der Waals surface area (Å²) in [6.07, 6.45) is 5.37. The van der Waals surface area contributed by atoms with Crippen LogP contribution in [0.1, 0.15) is 40.6 Å². The van der Waals surface area contributed by atoms with Gasteiger partial charge >= 0.3 is 0 Å². The van der Waals surface area contributed by atoms with E-state index in [0.29, 0.717) is 17.1 Å². The number of hydrogen-bond acceptors (Lipinski definition) is 6. The third kappa shape index (κ3) is 8.18. The Labute approximate surface area is 266 Å². The molecule has 0 bridgehead atoms. The second kappa shape index (κ2) is 14.8. The van der Waals surface area contributed by atoms with Gasteiger partial charge in [0, 0.05) is 36.3 Å². The van der Waals surface area contributed by atoms with Gasteiger partial charge in [0.2, 0.25) is 5.91 Å².